The summed E-state index contributed by atoms with van der Waals surface area (Å²) in [5.41, 5.74) is 0.563. The van der Waals surface area contributed by atoms with Crippen LogP contribution in [0.15, 0.2) is 24.8 Å². The quantitative estimate of drug-likeness (QED) is 0.745. The van der Waals surface area contributed by atoms with Crippen molar-refractivity contribution in [1.82, 2.24) is 19.5 Å². The zero-order valence-electron chi connectivity index (χ0n) is 7.13. The summed E-state index contributed by atoms with van der Waals surface area (Å²) in [6.45, 7) is -0.104. The molecule has 0 radical (unpaired) electrons. The maximum atomic E-state index is 8.81. The van der Waals surface area contributed by atoms with Crippen molar-refractivity contribution in [2.45, 2.75) is 6.61 Å². The number of imidazole rings is 1. The first-order chi connectivity index (χ1) is 6.79. The van der Waals surface area contributed by atoms with E-state index in [4.69, 9.17) is 16.7 Å². The number of aliphatic hydroxyl groups excluding tert-OH is 1. The van der Waals surface area contributed by atoms with Crippen LogP contribution in [0.4, 0.5) is 0 Å². The molecular formula is C8H7ClN4O. The summed E-state index contributed by atoms with van der Waals surface area (Å²) in [5.74, 6) is 0.435. The summed E-state index contributed by atoms with van der Waals surface area (Å²) in [6.07, 6.45) is 4.73. The molecule has 14 heavy (non-hydrogen) atoms. The van der Waals surface area contributed by atoms with Crippen LogP contribution in [-0.2, 0) is 6.61 Å². The Morgan fingerprint density at radius 1 is 1.43 bits per heavy atom. The molecule has 0 saturated carbocycles. The topological polar surface area (TPSA) is 63.8 Å². The smallest absolute Gasteiger partial charge is 0.236 e. The minimum atomic E-state index is -0.104. The minimum Gasteiger partial charge on any atom is -0.390 e. The lowest BCUT2D eigenvalue weighted by atomic mass is 10.5. The van der Waals surface area contributed by atoms with E-state index in [1.165, 1.54) is 6.33 Å². The number of nitrogens with zero attached hydrogens (tertiary/aromatic N) is 4. The Labute approximate surface area is 85.0 Å². The van der Waals surface area contributed by atoms with Gasteiger partial charge in [0.2, 0.25) is 5.95 Å². The van der Waals surface area contributed by atoms with Crippen LogP contribution in [0.3, 0.4) is 0 Å². The fourth-order valence-electron chi connectivity index (χ4n) is 1.01. The Morgan fingerprint density at radius 3 is 2.93 bits per heavy atom. The monoisotopic (exact) mass is 210 g/mol. The van der Waals surface area contributed by atoms with E-state index in [1.54, 1.807) is 23.0 Å². The second-order valence-electron chi connectivity index (χ2n) is 2.61. The van der Waals surface area contributed by atoms with E-state index in [1.807, 2.05) is 0 Å². The molecule has 0 aliphatic carbocycles. The highest BCUT2D eigenvalue weighted by Gasteiger charge is 2.02. The van der Waals surface area contributed by atoms with Gasteiger partial charge in [-0.15, -0.1) is 0 Å². The number of halogens is 1. The van der Waals surface area contributed by atoms with Crippen molar-refractivity contribution in [2.75, 3.05) is 0 Å². The van der Waals surface area contributed by atoms with Crippen LogP contribution < -0.4 is 0 Å². The lowest BCUT2D eigenvalue weighted by Crippen LogP contribution is -1.97. The molecule has 6 heteroatoms. The van der Waals surface area contributed by atoms with Crippen molar-refractivity contribution in [3.63, 3.8) is 0 Å². The molecule has 2 heterocycles. The van der Waals surface area contributed by atoms with Crippen LogP contribution in [0.25, 0.3) is 5.95 Å². The SMILES string of the molecule is OCc1cn(-c2nccc(Cl)n2)cn1. The van der Waals surface area contributed by atoms with E-state index in [2.05, 4.69) is 15.0 Å². The molecule has 0 unspecified atom stereocenters. The summed E-state index contributed by atoms with van der Waals surface area (Å²) >= 11 is 5.70. The number of aromatic nitrogens is 4. The van der Waals surface area contributed by atoms with E-state index in [-0.39, 0.29) is 6.61 Å². The largest absolute Gasteiger partial charge is 0.390 e. The van der Waals surface area contributed by atoms with E-state index < -0.39 is 0 Å². The molecule has 0 spiro atoms. The van der Waals surface area contributed by atoms with Gasteiger partial charge < -0.3 is 5.11 Å². The van der Waals surface area contributed by atoms with Gasteiger partial charge >= 0.3 is 0 Å². The molecule has 2 rings (SSSR count). The number of hydrogen-bond acceptors (Lipinski definition) is 4. The van der Waals surface area contributed by atoms with Gasteiger partial charge in [0.15, 0.2) is 0 Å². The highest BCUT2D eigenvalue weighted by Crippen LogP contribution is 2.07. The van der Waals surface area contributed by atoms with Gasteiger partial charge in [0, 0.05) is 12.4 Å². The summed E-state index contributed by atoms with van der Waals surface area (Å²) in [4.78, 5) is 11.9. The standard InChI is InChI=1S/C8H7ClN4O/c9-7-1-2-10-8(12-7)13-3-6(4-14)11-5-13/h1-3,5,14H,4H2. The van der Waals surface area contributed by atoms with Gasteiger partial charge in [-0.1, -0.05) is 11.6 Å². The maximum Gasteiger partial charge on any atom is 0.236 e. The Kier molecular flexibility index (Phi) is 2.43. The predicted octanol–water partition coefficient (Wildman–Crippen LogP) is 0.808. The van der Waals surface area contributed by atoms with Crippen molar-refractivity contribution < 1.29 is 5.11 Å². The molecular weight excluding hydrogens is 204 g/mol. The Hall–Kier alpha value is -1.46. The van der Waals surface area contributed by atoms with Gasteiger partial charge in [0.05, 0.1) is 12.3 Å². The van der Waals surface area contributed by atoms with Crippen LogP contribution in [0.2, 0.25) is 5.15 Å². The molecule has 2 aromatic rings. The third kappa shape index (κ3) is 1.73. The molecule has 5 nitrogen and oxygen atoms in total. The van der Waals surface area contributed by atoms with Crippen molar-refractivity contribution in [3.05, 3.63) is 35.6 Å². The minimum absolute atomic E-state index is 0.104. The van der Waals surface area contributed by atoms with E-state index in [0.717, 1.165) is 0 Å². The average molecular weight is 211 g/mol. The summed E-state index contributed by atoms with van der Waals surface area (Å²) < 4.78 is 1.59. The van der Waals surface area contributed by atoms with Crippen LogP contribution >= 0.6 is 11.6 Å². The molecule has 0 aromatic carbocycles. The van der Waals surface area contributed by atoms with Gasteiger partial charge in [-0.3, -0.25) is 4.57 Å². The second kappa shape index (κ2) is 3.73. The van der Waals surface area contributed by atoms with Crippen molar-refractivity contribution in [3.8, 4) is 5.95 Å². The highest BCUT2D eigenvalue weighted by atomic mass is 35.5. The summed E-state index contributed by atoms with van der Waals surface area (Å²) in [7, 11) is 0. The third-order valence-corrected chi connectivity index (χ3v) is 1.85. The number of aliphatic hydroxyl groups is 1. The van der Waals surface area contributed by atoms with Crippen LogP contribution in [0.5, 0.6) is 0 Å². The van der Waals surface area contributed by atoms with E-state index >= 15 is 0 Å². The fraction of sp³-hybridized carbons (Fsp3) is 0.125. The van der Waals surface area contributed by atoms with Gasteiger partial charge in [-0.25, -0.2) is 15.0 Å². The molecule has 0 bridgehead atoms. The Morgan fingerprint density at radius 2 is 2.29 bits per heavy atom. The van der Waals surface area contributed by atoms with E-state index in [0.29, 0.717) is 16.8 Å². The number of rotatable bonds is 2. The first kappa shape index (κ1) is 9.11. The van der Waals surface area contributed by atoms with Crippen molar-refractivity contribution >= 4 is 11.6 Å². The van der Waals surface area contributed by atoms with Gasteiger partial charge in [0.1, 0.15) is 11.5 Å². The maximum absolute atomic E-state index is 8.81. The molecule has 0 aliphatic heterocycles. The average Bonchev–Trinajstić information content (AvgIpc) is 2.66. The molecule has 0 fully saturated rings. The molecule has 0 atom stereocenters. The molecule has 1 N–H and O–H groups in total. The molecule has 72 valence electrons. The molecule has 0 aliphatic rings. The van der Waals surface area contributed by atoms with Crippen LogP contribution in [0.1, 0.15) is 5.69 Å². The van der Waals surface area contributed by atoms with Crippen molar-refractivity contribution in [2.24, 2.45) is 0 Å². The van der Waals surface area contributed by atoms with Gasteiger partial charge in [-0.2, -0.15) is 0 Å². The van der Waals surface area contributed by atoms with E-state index in [9.17, 15) is 0 Å². The lowest BCUT2D eigenvalue weighted by molar-refractivity contribution is 0.277. The Balaban J connectivity index is 2.39. The Bertz CT molecular complexity index is 442. The van der Waals surface area contributed by atoms with Crippen LogP contribution in [-0.4, -0.2) is 24.6 Å². The predicted molar refractivity (Wildman–Crippen MR) is 50.1 cm³/mol. The highest BCUT2D eigenvalue weighted by molar-refractivity contribution is 6.29. The summed E-state index contributed by atoms with van der Waals surface area (Å²) in [5, 5.41) is 9.18. The summed E-state index contributed by atoms with van der Waals surface area (Å²) in [6, 6.07) is 1.59. The fourth-order valence-corrected chi connectivity index (χ4v) is 1.14. The molecule has 0 amide bonds. The first-order valence-corrected chi connectivity index (χ1v) is 4.30. The van der Waals surface area contributed by atoms with Crippen LogP contribution in [0, 0.1) is 0 Å². The third-order valence-electron chi connectivity index (χ3n) is 1.64. The normalized spacial score (nSPS) is 10.4. The van der Waals surface area contributed by atoms with Gasteiger partial charge in [-0.05, 0) is 6.07 Å². The zero-order chi connectivity index (χ0) is 9.97. The molecule has 0 saturated heterocycles. The first-order valence-electron chi connectivity index (χ1n) is 3.92. The lowest BCUT2D eigenvalue weighted by Gasteiger charge is -1.98. The zero-order valence-corrected chi connectivity index (χ0v) is 7.89. The second-order valence-corrected chi connectivity index (χ2v) is 3.00. The molecule has 2 aromatic heterocycles. The number of hydrogen-bond donors (Lipinski definition) is 1. The van der Waals surface area contributed by atoms with Crippen molar-refractivity contribution in [1.29, 1.82) is 0 Å². The van der Waals surface area contributed by atoms with Gasteiger partial charge in [0.25, 0.3) is 0 Å².